The van der Waals surface area contributed by atoms with Gasteiger partial charge in [0.2, 0.25) is 0 Å². The predicted octanol–water partition coefficient (Wildman–Crippen LogP) is 5.38. The topological polar surface area (TPSA) is 17.8 Å². The lowest BCUT2D eigenvalue weighted by molar-refractivity contribution is 0.590. The molecule has 0 aliphatic carbocycles. The van der Waals surface area contributed by atoms with Crippen molar-refractivity contribution in [1.82, 2.24) is 9.55 Å². The van der Waals surface area contributed by atoms with E-state index in [1.807, 2.05) is 6.07 Å². The van der Waals surface area contributed by atoms with Crippen molar-refractivity contribution in [2.24, 2.45) is 0 Å². The van der Waals surface area contributed by atoms with Crippen LogP contribution in [0.15, 0.2) is 24.3 Å². The number of aromatic nitrogens is 2. The number of fused-ring (bicyclic) bond motifs is 1. The number of rotatable bonds is 3. The molecule has 3 aromatic rings. The number of nitrogens with zero attached hydrogens (tertiary/aromatic N) is 2. The molecular weight excluding hydrogens is 337 g/mol. The van der Waals surface area contributed by atoms with Crippen molar-refractivity contribution in [3.05, 3.63) is 50.9 Å². The number of halogens is 4. The van der Waals surface area contributed by atoms with E-state index in [4.69, 9.17) is 23.2 Å². The van der Waals surface area contributed by atoms with Crippen LogP contribution in [-0.2, 0) is 6.54 Å². The van der Waals surface area contributed by atoms with Crippen LogP contribution in [0, 0.1) is 11.6 Å². The summed E-state index contributed by atoms with van der Waals surface area (Å²) in [5.41, 5.74) is 0.515. The summed E-state index contributed by atoms with van der Waals surface area (Å²) in [6.07, 6.45) is 0. The van der Waals surface area contributed by atoms with Gasteiger partial charge in [-0.1, -0.05) is 11.6 Å². The fourth-order valence-corrected chi connectivity index (χ4v) is 3.47. The molecule has 0 fully saturated rings. The van der Waals surface area contributed by atoms with Crippen LogP contribution in [0.4, 0.5) is 8.78 Å². The summed E-state index contributed by atoms with van der Waals surface area (Å²) in [5.74, 6) is -0.827. The molecule has 0 amide bonds. The highest BCUT2D eigenvalue weighted by Gasteiger charge is 2.19. The molecule has 0 saturated heterocycles. The van der Waals surface area contributed by atoms with Crippen molar-refractivity contribution in [2.45, 2.75) is 18.8 Å². The first-order chi connectivity index (χ1) is 9.95. The summed E-state index contributed by atoms with van der Waals surface area (Å²) in [5, 5.41) is -0.421. The molecule has 1 aromatic carbocycles. The standard InChI is InChI=1S/C14H10Cl2F2N2S/c1-7(15)14-19-13-10(18)4-8(17)5-11(13)20(14)6-9-2-3-12(16)21-9/h2-5,7H,6H2,1H3. The van der Waals surface area contributed by atoms with Crippen LogP contribution in [0.2, 0.25) is 4.34 Å². The molecular formula is C14H10Cl2F2N2S. The highest BCUT2D eigenvalue weighted by Crippen LogP contribution is 2.30. The minimum absolute atomic E-state index is 0.126. The molecule has 2 aromatic heterocycles. The molecule has 2 nitrogen and oxygen atoms in total. The van der Waals surface area contributed by atoms with E-state index in [-0.39, 0.29) is 5.52 Å². The molecule has 110 valence electrons. The van der Waals surface area contributed by atoms with Gasteiger partial charge in [-0.3, -0.25) is 0 Å². The molecule has 0 radical (unpaired) electrons. The van der Waals surface area contributed by atoms with Gasteiger partial charge in [-0.25, -0.2) is 13.8 Å². The summed E-state index contributed by atoms with van der Waals surface area (Å²) < 4.78 is 29.8. The van der Waals surface area contributed by atoms with Gasteiger partial charge in [0, 0.05) is 10.9 Å². The number of hydrogen-bond donors (Lipinski definition) is 0. The highest BCUT2D eigenvalue weighted by molar-refractivity contribution is 7.16. The molecule has 0 bridgehead atoms. The Morgan fingerprint density at radius 2 is 2.10 bits per heavy atom. The van der Waals surface area contributed by atoms with Gasteiger partial charge >= 0.3 is 0 Å². The van der Waals surface area contributed by atoms with Crippen LogP contribution in [-0.4, -0.2) is 9.55 Å². The quantitative estimate of drug-likeness (QED) is 0.582. The first-order valence-electron chi connectivity index (χ1n) is 6.19. The predicted molar refractivity (Wildman–Crippen MR) is 82.3 cm³/mol. The molecule has 1 unspecified atom stereocenters. The number of imidazole rings is 1. The van der Waals surface area contributed by atoms with E-state index in [2.05, 4.69) is 4.98 Å². The second kappa shape index (κ2) is 5.55. The SMILES string of the molecule is CC(Cl)c1nc2c(F)cc(F)cc2n1Cc1ccc(Cl)s1. The molecule has 1 atom stereocenters. The summed E-state index contributed by atoms with van der Waals surface area (Å²) in [4.78, 5) is 5.18. The summed E-state index contributed by atoms with van der Waals surface area (Å²) in [6, 6.07) is 5.75. The fraction of sp³-hybridized carbons (Fsp3) is 0.214. The molecule has 0 saturated carbocycles. The molecule has 3 rings (SSSR count). The fourth-order valence-electron chi connectivity index (χ4n) is 2.23. The van der Waals surface area contributed by atoms with Gasteiger partial charge in [0.25, 0.3) is 0 Å². The third kappa shape index (κ3) is 2.78. The van der Waals surface area contributed by atoms with Gasteiger partial charge < -0.3 is 4.57 Å². The van der Waals surface area contributed by atoms with Crippen LogP contribution in [0.5, 0.6) is 0 Å². The van der Waals surface area contributed by atoms with E-state index in [0.29, 0.717) is 22.2 Å². The molecule has 0 N–H and O–H groups in total. The second-order valence-electron chi connectivity index (χ2n) is 4.63. The summed E-state index contributed by atoms with van der Waals surface area (Å²) in [6.45, 7) is 2.16. The van der Waals surface area contributed by atoms with Crippen LogP contribution < -0.4 is 0 Å². The Morgan fingerprint density at radius 1 is 1.33 bits per heavy atom. The molecule has 0 aliphatic heterocycles. The molecule has 7 heteroatoms. The molecule has 2 heterocycles. The first-order valence-corrected chi connectivity index (χ1v) is 7.82. The monoisotopic (exact) mass is 346 g/mol. The van der Waals surface area contributed by atoms with Gasteiger partial charge in [0.1, 0.15) is 17.2 Å². The third-order valence-electron chi connectivity index (χ3n) is 3.10. The largest absolute Gasteiger partial charge is 0.321 e. The Kier molecular flexibility index (Phi) is 3.90. The van der Waals surface area contributed by atoms with Crippen molar-refractivity contribution in [3.63, 3.8) is 0 Å². The highest BCUT2D eigenvalue weighted by atomic mass is 35.5. The normalized spacial score (nSPS) is 13.0. The lowest BCUT2D eigenvalue weighted by Gasteiger charge is -2.09. The van der Waals surface area contributed by atoms with Crippen LogP contribution in [0.3, 0.4) is 0 Å². The van der Waals surface area contributed by atoms with Crippen molar-refractivity contribution >= 4 is 45.6 Å². The smallest absolute Gasteiger partial charge is 0.153 e. The number of thiophene rings is 1. The minimum atomic E-state index is -0.688. The van der Waals surface area contributed by atoms with E-state index < -0.39 is 17.0 Å². The van der Waals surface area contributed by atoms with E-state index in [1.54, 1.807) is 17.6 Å². The lowest BCUT2D eigenvalue weighted by Crippen LogP contribution is -2.04. The van der Waals surface area contributed by atoms with Gasteiger partial charge in [0.05, 0.1) is 21.8 Å². The van der Waals surface area contributed by atoms with E-state index >= 15 is 0 Å². The third-order valence-corrected chi connectivity index (χ3v) is 4.51. The van der Waals surface area contributed by atoms with Crippen molar-refractivity contribution < 1.29 is 8.78 Å². The Balaban J connectivity index is 2.20. The van der Waals surface area contributed by atoms with E-state index in [9.17, 15) is 8.78 Å². The van der Waals surface area contributed by atoms with E-state index in [1.165, 1.54) is 17.4 Å². The summed E-state index contributed by atoms with van der Waals surface area (Å²) in [7, 11) is 0. The van der Waals surface area contributed by atoms with Crippen LogP contribution in [0.1, 0.15) is 23.0 Å². The zero-order valence-corrected chi connectivity index (χ0v) is 13.2. The van der Waals surface area contributed by atoms with Gasteiger partial charge in [0.15, 0.2) is 5.82 Å². The molecule has 21 heavy (non-hydrogen) atoms. The van der Waals surface area contributed by atoms with Gasteiger partial charge in [-0.15, -0.1) is 22.9 Å². The van der Waals surface area contributed by atoms with Crippen molar-refractivity contribution in [3.8, 4) is 0 Å². The Bertz CT molecular complexity index is 811. The molecule has 0 aliphatic rings. The maximum absolute atomic E-state index is 13.9. The second-order valence-corrected chi connectivity index (χ2v) is 7.09. The Hall–Kier alpha value is -1.17. The van der Waals surface area contributed by atoms with Crippen LogP contribution >= 0.6 is 34.5 Å². The first kappa shape index (κ1) is 14.8. The number of alkyl halides is 1. The van der Waals surface area contributed by atoms with E-state index in [0.717, 1.165) is 10.9 Å². The zero-order chi connectivity index (χ0) is 15.1. The number of hydrogen-bond acceptors (Lipinski definition) is 2. The maximum atomic E-state index is 13.9. The average Bonchev–Trinajstić information content (AvgIpc) is 2.95. The number of benzene rings is 1. The molecule has 0 spiro atoms. The Labute approximate surface area is 133 Å². The summed E-state index contributed by atoms with van der Waals surface area (Å²) >= 11 is 13.4. The average molecular weight is 347 g/mol. The van der Waals surface area contributed by atoms with Gasteiger partial charge in [-0.2, -0.15) is 0 Å². The maximum Gasteiger partial charge on any atom is 0.153 e. The van der Waals surface area contributed by atoms with Crippen LogP contribution in [0.25, 0.3) is 11.0 Å². The lowest BCUT2D eigenvalue weighted by atomic mass is 10.3. The zero-order valence-electron chi connectivity index (χ0n) is 10.9. The van der Waals surface area contributed by atoms with Gasteiger partial charge in [-0.05, 0) is 25.1 Å². The Morgan fingerprint density at radius 3 is 2.71 bits per heavy atom. The van der Waals surface area contributed by atoms with Crippen molar-refractivity contribution in [2.75, 3.05) is 0 Å². The minimum Gasteiger partial charge on any atom is -0.321 e. The van der Waals surface area contributed by atoms with Crippen molar-refractivity contribution in [1.29, 1.82) is 0 Å².